The number of nitrogens with one attached hydrogen (secondary N) is 2. The van der Waals surface area contributed by atoms with E-state index in [1.165, 1.54) is 0 Å². The van der Waals surface area contributed by atoms with Crippen LogP contribution in [0.25, 0.3) is 0 Å². The number of carbonyl (C=O) groups excluding carboxylic acids is 1. The van der Waals surface area contributed by atoms with Gasteiger partial charge in [-0.1, -0.05) is 12.5 Å². The highest BCUT2D eigenvalue weighted by Crippen LogP contribution is 2.28. The molecule has 0 aromatic rings. The Balaban J connectivity index is 2.61. The predicted molar refractivity (Wildman–Crippen MR) is 81.1 cm³/mol. The maximum absolute atomic E-state index is 12.2. The van der Waals surface area contributed by atoms with Gasteiger partial charge in [0.05, 0.1) is 0 Å². The lowest BCUT2D eigenvalue weighted by Crippen LogP contribution is -2.62. The molecule has 0 aromatic carbocycles. The van der Waals surface area contributed by atoms with Crippen LogP contribution in [0.1, 0.15) is 60.8 Å². The van der Waals surface area contributed by atoms with Crippen LogP contribution in [-0.4, -0.2) is 23.0 Å². The summed E-state index contributed by atoms with van der Waals surface area (Å²) in [6.45, 7) is 16.6. The normalized spacial score (nSPS) is 23.7. The lowest BCUT2D eigenvalue weighted by atomic mass is 9.79. The summed E-state index contributed by atoms with van der Waals surface area (Å²) in [6, 6.07) is 0.256. The van der Waals surface area contributed by atoms with Crippen molar-refractivity contribution in [2.45, 2.75) is 77.9 Å². The minimum absolute atomic E-state index is 0.0126. The van der Waals surface area contributed by atoms with Crippen LogP contribution in [-0.2, 0) is 4.79 Å². The van der Waals surface area contributed by atoms with Crippen molar-refractivity contribution in [3.63, 3.8) is 0 Å². The largest absolute Gasteiger partial charge is 0.353 e. The molecule has 1 fully saturated rings. The smallest absolute Gasteiger partial charge is 0.223 e. The van der Waals surface area contributed by atoms with Gasteiger partial charge in [-0.25, -0.2) is 0 Å². The first-order valence-electron chi connectivity index (χ1n) is 7.25. The Hall–Kier alpha value is -0.830. The van der Waals surface area contributed by atoms with Gasteiger partial charge in [0, 0.05) is 23.0 Å². The fourth-order valence-corrected chi connectivity index (χ4v) is 3.38. The van der Waals surface area contributed by atoms with Crippen LogP contribution in [0.4, 0.5) is 0 Å². The van der Waals surface area contributed by atoms with Crippen LogP contribution in [0.15, 0.2) is 12.2 Å². The molecule has 0 bridgehead atoms. The Bertz CT molecular complexity index is 342. The zero-order chi connectivity index (χ0) is 14.8. The molecule has 0 aromatic heterocycles. The molecule has 1 atom stereocenters. The molecule has 110 valence electrons. The maximum Gasteiger partial charge on any atom is 0.223 e. The molecule has 0 spiro atoms. The minimum Gasteiger partial charge on any atom is -0.353 e. The molecule has 0 saturated carbocycles. The number of hydrogen-bond acceptors (Lipinski definition) is 2. The zero-order valence-corrected chi connectivity index (χ0v) is 13.4. The molecule has 1 aliphatic rings. The average Bonchev–Trinajstić information content (AvgIpc) is 2.10. The second-order valence-electron chi connectivity index (χ2n) is 7.57. The number of hydrogen-bond donors (Lipinski definition) is 2. The third-order valence-corrected chi connectivity index (χ3v) is 3.64. The maximum atomic E-state index is 12.2. The first-order valence-corrected chi connectivity index (χ1v) is 7.25. The predicted octanol–water partition coefficient (Wildman–Crippen LogP) is 3.01. The van der Waals surface area contributed by atoms with Crippen molar-refractivity contribution < 1.29 is 4.79 Å². The Labute approximate surface area is 118 Å². The zero-order valence-electron chi connectivity index (χ0n) is 13.4. The second kappa shape index (κ2) is 5.66. The van der Waals surface area contributed by atoms with Gasteiger partial charge in [0.25, 0.3) is 0 Å². The van der Waals surface area contributed by atoms with Crippen molar-refractivity contribution in [1.29, 1.82) is 0 Å². The van der Waals surface area contributed by atoms with Crippen LogP contribution >= 0.6 is 0 Å². The van der Waals surface area contributed by atoms with Gasteiger partial charge in [-0.15, -0.1) is 6.58 Å². The van der Waals surface area contributed by atoms with Crippen molar-refractivity contribution in [1.82, 2.24) is 10.6 Å². The van der Waals surface area contributed by atoms with E-state index in [2.05, 4.69) is 44.9 Å². The molecule has 1 amide bonds. The highest BCUT2D eigenvalue weighted by atomic mass is 16.1. The van der Waals surface area contributed by atoms with E-state index in [1.54, 1.807) is 0 Å². The molecular weight excluding hydrogens is 236 g/mol. The summed E-state index contributed by atoms with van der Waals surface area (Å²) < 4.78 is 0. The van der Waals surface area contributed by atoms with Crippen LogP contribution in [0.5, 0.6) is 0 Å². The molecule has 1 rings (SSSR count). The summed E-state index contributed by atoms with van der Waals surface area (Å²) in [5.41, 5.74) is 1.20. The van der Waals surface area contributed by atoms with E-state index in [4.69, 9.17) is 0 Å². The summed E-state index contributed by atoms with van der Waals surface area (Å²) in [5, 5.41) is 6.85. The molecule has 19 heavy (non-hydrogen) atoms. The van der Waals surface area contributed by atoms with E-state index in [1.807, 2.05) is 13.8 Å². The lowest BCUT2D eigenvalue weighted by Gasteiger charge is -2.46. The molecule has 1 aliphatic heterocycles. The molecule has 3 heteroatoms. The average molecular weight is 266 g/mol. The summed E-state index contributed by atoms with van der Waals surface area (Å²) >= 11 is 0. The molecule has 2 N–H and O–H groups in total. The van der Waals surface area contributed by atoms with E-state index < -0.39 is 0 Å². The Morgan fingerprint density at radius 1 is 1.32 bits per heavy atom. The summed E-state index contributed by atoms with van der Waals surface area (Å²) in [5.74, 6) is 0.167. The van der Waals surface area contributed by atoms with Crippen molar-refractivity contribution in [2.24, 2.45) is 5.92 Å². The standard InChI is InChI=1S/C16H30N2O/c1-11(2)8-12(3)14(19)17-13-9-15(4,5)18-16(6,7)10-13/h12-13,18H,1,8-10H2,2-7H3,(H,17,19). The van der Waals surface area contributed by atoms with Gasteiger partial charge in [-0.2, -0.15) is 0 Å². The molecule has 1 heterocycles. The Morgan fingerprint density at radius 3 is 2.21 bits per heavy atom. The molecule has 1 saturated heterocycles. The topological polar surface area (TPSA) is 41.1 Å². The van der Waals surface area contributed by atoms with Gasteiger partial charge in [0.15, 0.2) is 0 Å². The summed E-state index contributed by atoms with van der Waals surface area (Å²) in [6.07, 6.45) is 2.72. The van der Waals surface area contributed by atoms with Crippen molar-refractivity contribution in [3.8, 4) is 0 Å². The van der Waals surface area contributed by atoms with E-state index in [-0.39, 0.29) is 28.9 Å². The summed E-state index contributed by atoms with van der Waals surface area (Å²) in [4.78, 5) is 12.2. The SMILES string of the molecule is C=C(C)CC(C)C(=O)NC1CC(C)(C)NC(C)(C)C1. The molecular formula is C16H30N2O. The Kier molecular flexibility index (Phi) is 4.83. The first-order chi connectivity index (χ1) is 8.51. The lowest BCUT2D eigenvalue weighted by molar-refractivity contribution is -0.125. The minimum atomic E-state index is 0.0126. The van der Waals surface area contributed by atoms with Gasteiger partial charge in [0.1, 0.15) is 0 Å². The monoisotopic (exact) mass is 266 g/mol. The second-order valence-corrected chi connectivity index (χ2v) is 7.57. The summed E-state index contributed by atoms with van der Waals surface area (Å²) in [7, 11) is 0. The van der Waals surface area contributed by atoms with Gasteiger partial charge < -0.3 is 10.6 Å². The number of carbonyl (C=O) groups is 1. The van der Waals surface area contributed by atoms with Crippen molar-refractivity contribution in [3.05, 3.63) is 12.2 Å². The van der Waals surface area contributed by atoms with Crippen LogP contribution in [0, 0.1) is 5.92 Å². The molecule has 1 unspecified atom stereocenters. The number of piperidine rings is 1. The first kappa shape index (κ1) is 16.2. The number of rotatable bonds is 4. The fourth-order valence-electron chi connectivity index (χ4n) is 3.38. The Morgan fingerprint density at radius 2 is 1.79 bits per heavy atom. The van der Waals surface area contributed by atoms with Gasteiger partial charge in [-0.05, 0) is 53.9 Å². The van der Waals surface area contributed by atoms with E-state index in [9.17, 15) is 4.79 Å². The highest BCUT2D eigenvalue weighted by Gasteiger charge is 2.38. The van der Waals surface area contributed by atoms with E-state index >= 15 is 0 Å². The number of amides is 1. The van der Waals surface area contributed by atoms with Gasteiger partial charge in [-0.3, -0.25) is 4.79 Å². The molecule has 0 radical (unpaired) electrons. The third-order valence-electron chi connectivity index (χ3n) is 3.64. The van der Waals surface area contributed by atoms with Gasteiger partial charge >= 0.3 is 0 Å². The van der Waals surface area contributed by atoms with Gasteiger partial charge in [0.2, 0.25) is 5.91 Å². The van der Waals surface area contributed by atoms with Crippen molar-refractivity contribution in [2.75, 3.05) is 0 Å². The molecule has 3 nitrogen and oxygen atoms in total. The quantitative estimate of drug-likeness (QED) is 0.768. The van der Waals surface area contributed by atoms with E-state index in [0.717, 1.165) is 24.8 Å². The van der Waals surface area contributed by atoms with Crippen LogP contribution < -0.4 is 10.6 Å². The van der Waals surface area contributed by atoms with Crippen molar-refractivity contribution >= 4 is 5.91 Å². The fraction of sp³-hybridized carbons (Fsp3) is 0.812. The third kappa shape index (κ3) is 5.35. The van der Waals surface area contributed by atoms with E-state index in [0.29, 0.717) is 0 Å². The van der Waals surface area contributed by atoms with Crippen LogP contribution in [0.2, 0.25) is 0 Å². The number of allylic oxidation sites excluding steroid dienone is 1. The van der Waals surface area contributed by atoms with Crippen LogP contribution in [0.3, 0.4) is 0 Å². The highest BCUT2D eigenvalue weighted by molar-refractivity contribution is 5.78. The molecule has 0 aliphatic carbocycles.